The first kappa shape index (κ1) is 38.2. The summed E-state index contributed by atoms with van der Waals surface area (Å²) in [5.74, 6) is 0.201. The van der Waals surface area contributed by atoms with Crippen molar-refractivity contribution in [1.29, 1.82) is 5.26 Å². The van der Waals surface area contributed by atoms with E-state index in [-0.39, 0.29) is 58.2 Å². The topological polar surface area (TPSA) is 164 Å². The van der Waals surface area contributed by atoms with Gasteiger partial charge in [-0.15, -0.1) is 6.08 Å². The average molecular weight is 661 g/mol. The first-order valence-corrected chi connectivity index (χ1v) is 14.9. The summed E-state index contributed by atoms with van der Waals surface area (Å²) >= 11 is 0. The molecule has 4 rings (SSSR count). The number of aliphatic hydroxyl groups excluding tert-OH is 1. The molecule has 221 valence electrons. The summed E-state index contributed by atoms with van der Waals surface area (Å²) in [4.78, 5) is 39.6. The molecular weight excluding hydrogens is 621 g/mol. The summed E-state index contributed by atoms with van der Waals surface area (Å²) in [5.41, 5.74) is 2.77. The minimum absolute atomic E-state index is 0. The summed E-state index contributed by atoms with van der Waals surface area (Å²) in [6.07, 6.45) is 7.28. The molecule has 0 spiro atoms. The summed E-state index contributed by atoms with van der Waals surface area (Å²) in [7, 11) is -0.584. The Morgan fingerprint density at radius 1 is 1.12 bits per heavy atom. The summed E-state index contributed by atoms with van der Waals surface area (Å²) < 4.78 is 11.3. The third kappa shape index (κ3) is 12.3. The number of nitrogens with one attached hydrogen (secondary N) is 1. The van der Waals surface area contributed by atoms with Crippen LogP contribution in [0.1, 0.15) is 44.7 Å². The van der Waals surface area contributed by atoms with E-state index in [1.165, 1.54) is 4.57 Å². The van der Waals surface area contributed by atoms with E-state index in [0.717, 1.165) is 40.6 Å². The van der Waals surface area contributed by atoms with Gasteiger partial charge in [0.1, 0.15) is 0 Å². The Labute approximate surface area is 268 Å². The molecule has 0 amide bonds. The molecule has 1 saturated heterocycles. The molecule has 41 heavy (non-hydrogen) atoms. The fraction of sp³-hybridized carbons (Fsp3) is 0.393. The van der Waals surface area contributed by atoms with Crippen LogP contribution in [0.5, 0.6) is 0 Å². The van der Waals surface area contributed by atoms with Crippen LogP contribution >= 0.6 is 10.3 Å². The molecule has 1 aromatic heterocycles. The van der Waals surface area contributed by atoms with Crippen LogP contribution in [0.15, 0.2) is 67.7 Å². The third-order valence-electron chi connectivity index (χ3n) is 5.35. The number of allylic oxidation sites excluding steroid dienone is 2. The molecule has 1 radical (unpaired) electrons. The molecule has 0 bridgehead atoms. The standard InChI is InChI=1S/C21H23N6O2.C4H6O2S.C2H6.CH4O.Y/c1-3-5-17-18(24-17)10-12-23-19-25-20(28)26(13-4-11-22)21(29)27(19)14-16-8-6-15(2)7-9-16;1-7(6)3-4(7)2-5;2*1-2;/h5-10H,3-4,12-14H2,1-2H3,(H,23,25,28);2-3,6H,1H3;1-2H3;2H,1H3;/q-1;;;;/b17-5+,18-10+;;;;. The molecule has 2 aromatic rings. The van der Waals surface area contributed by atoms with Gasteiger partial charge in [0.15, 0.2) is 6.29 Å². The second-order valence-corrected chi connectivity index (χ2v) is 10.9. The molecule has 2 aliphatic heterocycles. The van der Waals surface area contributed by atoms with Crippen molar-refractivity contribution in [2.45, 2.75) is 53.6 Å². The number of benzene rings is 1. The fourth-order valence-corrected chi connectivity index (χ4v) is 4.27. The number of rotatable bonds is 9. The Balaban J connectivity index is 0.00000114. The van der Waals surface area contributed by atoms with Gasteiger partial charge >= 0.3 is 11.4 Å². The Bertz CT molecular complexity index is 1390. The molecule has 1 atom stereocenters. The largest absolute Gasteiger partial charge is 0.660 e. The summed E-state index contributed by atoms with van der Waals surface area (Å²) in [6.45, 7) is 8.71. The van der Waals surface area contributed by atoms with Crippen LogP contribution in [0.25, 0.3) is 5.32 Å². The maximum absolute atomic E-state index is 12.9. The zero-order valence-corrected chi connectivity index (χ0v) is 28.1. The van der Waals surface area contributed by atoms with Crippen LogP contribution in [0.2, 0.25) is 0 Å². The number of aromatic nitrogens is 3. The Morgan fingerprint density at radius 3 is 2.20 bits per heavy atom. The molecule has 1 aromatic carbocycles. The second kappa shape index (κ2) is 19.3. The van der Waals surface area contributed by atoms with E-state index in [4.69, 9.17) is 14.9 Å². The van der Waals surface area contributed by atoms with Gasteiger partial charge in [0, 0.05) is 52.9 Å². The number of aliphatic hydroxyl groups is 1. The van der Waals surface area contributed by atoms with Gasteiger partial charge < -0.3 is 20.3 Å². The molecule has 1 unspecified atom stereocenters. The van der Waals surface area contributed by atoms with Gasteiger partial charge in [-0.1, -0.05) is 67.0 Å². The maximum atomic E-state index is 12.9. The van der Waals surface area contributed by atoms with Crippen molar-refractivity contribution in [1.82, 2.24) is 14.1 Å². The number of nitriles is 1. The fourth-order valence-electron chi connectivity index (χ4n) is 3.20. The van der Waals surface area contributed by atoms with Crippen molar-refractivity contribution < 1.29 is 47.2 Å². The quantitative estimate of drug-likeness (QED) is 0.266. The van der Waals surface area contributed by atoms with Crippen molar-refractivity contribution in [3.8, 4) is 6.07 Å². The number of carbonyl (C=O) groups is 1. The smallest absolute Gasteiger partial charge is 0.354 e. The minimum atomic E-state index is -1.58. The van der Waals surface area contributed by atoms with Crippen LogP contribution in [0.4, 0.5) is 5.95 Å². The Morgan fingerprint density at radius 2 is 1.71 bits per heavy atom. The normalized spacial score (nSPS) is 19.0. The number of aldehydes is 1. The third-order valence-corrected chi connectivity index (χ3v) is 6.97. The number of hydrogen-bond acceptors (Lipinski definition) is 8. The maximum Gasteiger partial charge on any atom is 0.354 e. The van der Waals surface area contributed by atoms with E-state index in [1.54, 1.807) is 11.7 Å². The van der Waals surface area contributed by atoms with E-state index >= 15 is 0 Å². The van der Waals surface area contributed by atoms with Crippen LogP contribution in [0, 0.1) is 18.3 Å². The van der Waals surface area contributed by atoms with E-state index in [2.05, 4.69) is 15.6 Å². The van der Waals surface area contributed by atoms with E-state index in [0.29, 0.717) is 17.7 Å². The zero-order valence-electron chi connectivity index (χ0n) is 24.5. The number of anilines is 1. The van der Waals surface area contributed by atoms with Gasteiger partial charge in [0.25, 0.3) is 0 Å². The molecule has 0 saturated carbocycles. The van der Waals surface area contributed by atoms with Gasteiger partial charge in [-0.05, 0) is 30.6 Å². The van der Waals surface area contributed by atoms with Crippen molar-refractivity contribution in [3.05, 3.63) is 95.5 Å². The monoisotopic (exact) mass is 660 g/mol. The van der Waals surface area contributed by atoms with Crippen LogP contribution in [0.3, 0.4) is 0 Å². The Kier molecular flexibility index (Phi) is 18.0. The number of carbonyl (C=O) groups excluding carboxylic acids is 1. The van der Waals surface area contributed by atoms with Gasteiger partial charge in [-0.3, -0.25) is 9.36 Å². The van der Waals surface area contributed by atoms with Crippen molar-refractivity contribution in [2.75, 3.05) is 25.2 Å². The molecular formula is C28H39N6O5SY-. The molecule has 11 nitrogen and oxygen atoms in total. The molecule has 2 aliphatic rings. The van der Waals surface area contributed by atoms with Crippen LogP contribution in [-0.4, -0.2) is 50.0 Å². The van der Waals surface area contributed by atoms with Crippen LogP contribution < -0.4 is 16.7 Å². The van der Waals surface area contributed by atoms with E-state index < -0.39 is 21.7 Å². The van der Waals surface area contributed by atoms with Crippen molar-refractivity contribution in [2.24, 2.45) is 0 Å². The number of hydrogen-bond donors (Lipinski definition) is 3. The molecule has 3 heterocycles. The van der Waals surface area contributed by atoms with Gasteiger partial charge in [-0.25, -0.2) is 14.2 Å². The van der Waals surface area contributed by atoms with Crippen molar-refractivity contribution >= 4 is 22.5 Å². The zero-order chi connectivity index (χ0) is 30.3. The predicted octanol–water partition coefficient (Wildman–Crippen LogP) is 4.23. The minimum Gasteiger partial charge on any atom is -0.660 e. The van der Waals surface area contributed by atoms with Crippen LogP contribution in [-0.2, 0) is 50.6 Å². The first-order chi connectivity index (χ1) is 19.2. The van der Waals surface area contributed by atoms with E-state index in [1.807, 2.05) is 70.2 Å². The summed E-state index contributed by atoms with van der Waals surface area (Å²) in [6, 6.07) is 9.75. The average Bonchev–Trinajstić information content (AvgIpc) is 3.85. The predicted molar refractivity (Wildman–Crippen MR) is 161 cm³/mol. The van der Waals surface area contributed by atoms with E-state index in [9.17, 15) is 14.4 Å². The Hall–Kier alpha value is -2.82. The first-order valence-electron chi connectivity index (χ1n) is 12.8. The SMILES string of the molecule is CC.CC/C=C1/[N-]/C1=C/CNc1nc(=O)n(CCC#N)c(=O)n1Cc1ccc(C)cc1.CO.CS1(O)C=C1C=O.[Y]. The second-order valence-electron chi connectivity index (χ2n) is 8.29. The summed E-state index contributed by atoms with van der Waals surface area (Å²) in [5, 5.41) is 24.7. The van der Waals surface area contributed by atoms with Gasteiger partial charge in [0.05, 0.1) is 23.9 Å². The molecule has 13 heteroatoms. The number of aryl methyl sites for hydroxylation is 1. The number of nitrogens with zero attached hydrogens (tertiary/aromatic N) is 5. The molecule has 1 fully saturated rings. The molecule has 3 N–H and O–H groups in total. The van der Waals surface area contributed by atoms with Gasteiger partial charge in [-0.2, -0.15) is 21.6 Å². The van der Waals surface area contributed by atoms with Gasteiger partial charge in [0.2, 0.25) is 5.95 Å². The molecule has 0 aliphatic carbocycles. The van der Waals surface area contributed by atoms with Crippen molar-refractivity contribution in [3.63, 3.8) is 0 Å².